The van der Waals surface area contributed by atoms with Gasteiger partial charge in [0.1, 0.15) is 12.4 Å². The molecule has 0 saturated heterocycles. The minimum atomic E-state index is 0.434. The van der Waals surface area contributed by atoms with Crippen molar-refractivity contribution in [2.24, 2.45) is 0 Å². The van der Waals surface area contributed by atoms with Crippen molar-refractivity contribution in [2.45, 2.75) is 0 Å². The van der Waals surface area contributed by atoms with Crippen LogP contribution in [-0.2, 0) is 0 Å². The number of halogens is 1. The van der Waals surface area contributed by atoms with Gasteiger partial charge >= 0.3 is 0 Å². The van der Waals surface area contributed by atoms with E-state index in [-0.39, 0.29) is 0 Å². The summed E-state index contributed by atoms with van der Waals surface area (Å²) in [6, 6.07) is 10.4. The lowest BCUT2D eigenvalue weighted by molar-refractivity contribution is 0.369. The first-order valence-corrected chi connectivity index (χ1v) is 4.19. The third kappa shape index (κ3) is 3.28. The number of rotatable bonds is 2. The van der Waals surface area contributed by atoms with Crippen LogP contribution in [0, 0.1) is 15.9 Å². The summed E-state index contributed by atoms with van der Waals surface area (Å²) in [4.78, 5) is 0. The Morgan fingerprint density at radius 3 is 3.09 bits per heavy atom. The van der Waals surface area contributed by atoms with Gasteiger partial charge in [0.15, 0.2) is 0 Å². The van der Waals surface area contributed by atoms with Crippen molar-refractivity contribution in [3.63, 3.8) is 0 Å². The molecule has 0 aliphatic heterocycles. The molecule has 55 valence electrons. The molecule has 11 heavy (non-hydrogen) atoms. The van der Waals surface area contributed by atoms with Crippen LogP contribution in [0.4, 0.5) is 0 Å². The molecule has 0 aromatic heterocycles. The zero-order valence-electron chi connectivity index (χ0n) is 5.80. The van der Waals surface area contributed by atoms with Gasteiger partial charge in [-0.2, -0.15) is 0 Å². The van der Waals surface area contributed by atoms with E-state index in [2.05, 4.69) is 15.9 Å². The molecule has 1 aromatic carbocycles. The van der Waals surface area contributed by atoms with Crippen molar-refractivity contribution in [1.29, 1.82) is 0 Å². The molecular weight excluding hydrogens is 251 g/mol. The van der Waals surface area contributed by atoms with E-state index in [1.54, 1.807) is 0 Å². The molecule has 0 aliphatic carbocycles. The molecule has 2 heteroatoms. The first-order valence-electron chi connectivity index (χ1n) is 3.11. The minimum absolute atomic E-state index is 0.434. The monoisotopic (exact) mass is 257 g/mol. The third-order valence-corrected chi connectivity index (χ3v) is 1.43. The molecular formula is C9H6IO. The van der Waals surface area contributed by atoms with Crippen LogP contribution in [0.5, 0.6) is 5.75 Å². The van der Waals surface area contributed by atoms with Crippen molar-refractivity contribution >= 4 is 22.6 Å². The second kappa shape index (κ2) is 5.03. The van der Waals surface area contributed by atoms with Crippen molar-refractivity contribution in [3.8, 4) is 15.6 Å². The quantitative estimate of drug-likeness (QED) is 0.583. The maximum atomic E-state index is 5.21. The van der Waals surface area contributed by atoms with Crippen molar-refractivity contribution in [2.75, 3.05) is 6.61 Å². The predicted octanol–water partition coefficient (Wildman–Crippen LogP) is 2.26. The molecule has 1 rings (SSSR count). The van der Waals surface area contributed by atoms with Gasteiger partial charge in [-0.25, -0.2) is 0 Å². The summed E-state index contributed by atoms with van der Waals surface area (Å²) in [6.07, 6.45) is 0. The smallest absolute Gasteiger partial charge is 0.149 e. The average molecular weight is 257 g/mol. The van der Waals surface area contributed by atoms with E-state index in [1.807, 2.05) is 46.9 Å². The average Bonchev–Trinajstić information content (AvgIpc) is 2.07. The van der Waals surface area contributed by atoms with Crippen LogP contribution in [0.2, 0.25) is 0 Å². The maximum Gasteiger partial charge on any atom is 0.149 e. The number of para-hydroxylation sites is 1. The molecule has 0 heterocycles. The van der Waals surface area contributed by atoms with Gasteiger partial charge in [0, 0.05) is 28.7 Å². The van der Waals surface area contributed by atoms with Gasteiger partial charge in [0.05, 0.1) is 0 Å². The van der Waals surface area contributed by atoms with Crippen LogP contribution in [0.1, 0.15) is 0 Å². The molecule has 0 spiro atoms. The number of hydrogen-bond donors (Lipinski definition) is 0. The van der Waals surface area contributed by atoms with Gasteiger partial charge in [-0.05, 0) is 9.99 Å². The van der Waals surface area contributed by atoms with Crippen LogP contribution < -0.4 is 4.74 Å². The summed E-state index contributed by atoms with van der Waals surface area (Å²) >= 11 is 1.98. The van der Waals surface area contributed by atoms with Gasteiger partial charge in [0.25, 0.3) is 0 Å². The highest BCUT2D eigenvalue weighted by atomic mass is 127. The first kappa shape index (κ1) is 8.41. The molecule has 1 radical (unpaired) electrons. The third-order valence-electron chi connectivity index (χ3n) is 1.05. The summed E-state index contributed by atoms with van der Waals surface area (Å²) in [5.41, 5.74) is 0. The zero-order chi connectivity index (χ0) is 7.94. The Labute approximate surface area is 79.9 Å². The van der Waals surface area contributed by atoms with Crippen molar-refractivity contribution in [3.05, 3.63) is 30.3 Å². The minimum Gasteiger partial charge on any atom is -0.480 e. The van der Waals surface area contributed by atoms with Crippen LogP contribution >= 0.6 is 22.6 Å². The van der Waals surface area contributed by atoms with Crippen molar-refractivity contribution < 1.29 is 4.74 Å². The van der Waals surface area contributed by atoms with E-state index >= 15 is 0 Å². The zero-order valence-corrected chi connectivity index (χ0v) is 7.96. The molecule has 0 N–H and O–H groups in total. The molecule has 0 atom stereocenters. The molecule has 1 aromatic rings. The second-order valence-corrected chi connectivity index (χ2v) is 2.33. The van der Waals surface area contributed by atoms with Crippen LogP contribution in [-0.4, -0.2) is 6.61 Å². The Morgan fingerprint density at radius 1 is 1.55 bits per heavy atom. The van der Waals surface area contributed by atoms with E-state index in [0.717, 1.165) is 5.75 Å². The predicted molar refractivity (Wildman–Crippen MR) is 52.6 cm³/mol. The van der Waals surface area contributed by atoms with Crippen molar-refractivity contribution in [1.82, 2.24) is 0 Å². The lowest BCUT2D eigenvalue weighted by Crippen LogP contribution is -1.92. The van der Waals surface area contributed by atoms with E-state index in [9.17, 15) is 0 Å². The second-order valence-electron chi connectivity index (χ2n) is 1.79. The van der Waals surface area contributed by atoms with Gasteiger partial charge in [-0.1, -0.05) is 24.1 Å². The Kier molecular flexibility index (Phi) is 3.84. The maximum absolute atomic E-state index is 5.21. The molecule has 0 saturated carbocycles. The standard InChI is InChI=1S/C9H6IO/c10-7-4-8-11-9-5-2-1-3-6-9/h1-3,5H,8H2. The van der Waals surface area contributed by atoms with Crippen LogP contribution in [0.25, 0.3) is 0 Å². The largest absolute Gasteiger partial charge is 0.480 e. The summed E-state index contributed by atoms with van der Waals surface area (Å²) < 4.78 is 7.93. The fourth-order valence-electron chi connectivity index (χ4n) is 0.608. The Morgan fingerprint density at radius 2 is 2.45 bits per heavy atom. The highest BCUT2D eigenvalue weighted by molar-refractivity contribution is 14.1. The fourth-order valence-corrected chi connectivity index (χ4v) is 0.763. The number of benzene rings is 1. The summed E-state index contributed by atoms with van der Waals surface area (Å²) in [5, 5.41) is 0. The Bertz CT molecular complexity index is 258. The lowest BCUT2D eigenvalue weighted by Gasteiger charge is -1.98. The molecule has 0 aliphatic rings. The van der Waals surface area contributed by atoms with Gasteiger partial charge in [-0.15, -0.1) is 0 Å². The van der Waals surface area contributed by atoms with Gasteiger partial charge in [0.2, 0.25) is 0 Å². The van der Waals surface area contributed by atoms with E-state index in [1.165, 1.54) is 0 Å². The SMILES string of the molecule is IC#CCOc1[c]cccc1. The van der Waals surface area contributed by atoms with E-state index < -0.39 is 0 Å². The van der Waals surface area contributed by atoms with E-state index in [4.69, 9.17) is 4.74 Å². The Balaban J connectivity index is 2.43. The summed E-state index contributed by atoms with van der Waals surface area (Å²) in [7, 11) is 0. The highest BCUT2D eigenvalue weighted by Gasteiger charge is 1.86. The highest BCUT2D eigenvalue weighted by Crippen LogP contribution is 2.06. The molecule has 0 unspecified atom stereocenters. The topological polar surface area (TPSA) is 9.23 Å². The Hall–Kier alpha value is -0.690. The fraction of sp³-hybridized carbons (Fsp3) is 0.111. The molecule has 1 nitrogen and oxygen atoms in total. The lowest BCUT2D eigenvalue weighted by atomic mass is 10.3. The normalized spacial score (nSPS) is 8.09. The van der Waals surface area contributed by atoms with Crippen LogP contribution in [0.15, 0.2) is 24.3 Å². The summed E-state index contributed by atoms with van der Waals surface area (Å²) in [6.45, 7) is 0.434. The van der Waals surface area contributed by atoms with Gasteiger partial charge < -0.3 is 4.74 Å². The molecule has 0 bridgehead atoms. The number of hydrogen-bond acceptors (Lipinski definition) is 1. The van der Waals surface area contributed by atoms with Crippen LogP contribution in [0.3, 0.4) is 0 Å². The molecule has 0 fully saturated rings. The summed E-state index contributed by atoms with van der Waals surface area (Å²) in [5.74, 6) is 3.53. The van der Waals surface area contributed by atoms with E-state index in [0.29, 0.717) is 6.61 Å². The first-order chi connectivity index (χ1) is 5.43. The number of ether oxygens (including phenoxy) is 1. The molecule has 0 amide bonds. The van der Waals surface area contributed by atoms with Gasteiger partial charge in [-0.3, -0.25) is 0 Å².